The maximum absolute atomic E-state index is 13.7. The van der Waals surface area contributed by atoms with Crippen LogP contribution < -0.4 is 29.7 Å². The van der Waals surface area contributed by atoms with Crippen molar-refractivity contribution in [3.63, 3.8) is 0 Å². The number of nitrogens with zero attached hydrogens (tertiary/aromatic N) is 1. The maximum atomic E-state index is 13.7. The van der Waals surface area contributed by atoms with Gasteiger partial charge in [0.15, 0.2) is 29.0 Å². The van der Waals surface area contributed by atoms with Gasteiger partial charge in [0.25, 0.3) is 0 Å². The zero-order valence-corrected chi connectivity index (χ0v) is 18.5. The first-order valence-corrected chi connectivity index (χ1v) is 10.0. The fourth-order valence-corrected chi connectivity index (χ4v) is 3.48. The molecule has 3 amide bonds. The van der Waals surface area contributed by atoms with E-state index >= 15 is 0 Å². The number of amides is 3. The summed E-state index contributed by atoms with van der Waals surface area (Å²) in [5.41, 5.74) is -0.135. The fourth-order valence-electron chi connectivity index (χ4n) is 3.48. The summed E-state index contributed by atoms with van der Waals surface area (Å²) in [5, 5.41) is 4.41. The molecule has 1 fully saturated rings. The second kappa shape index (κ2) is 10.3. The number of rotatable bonds is 8. The van der Waals surface area contributed by atoms with E-state index in [0.717, 1.165) is 6.07 Å². The zero-order valence-electron chi connectivity index (χ0n) is 18.5. The first-order chi connectivity index (χ1) is 16.2. The topological polar surface area (TPSA) is 106 Å². The molecule has 3 rings (SSSR count). The van der Waals surface area contributed by atoms with Crippen LogP contribution in [0.4, 0.5) is 24.5 Å². The zero-order chi connectivity index (χ0) is 25.0. The van der Waals surface area contributed by atoms with Crippen molar-refractivity contribution < 1.29 is 41.8 Å². The van der Waals surface area contributed by atoms with Gasteiger partial charge < -0.3 is 29.7 Å². The Morgan fingerprint density at radius 1 is 1.03 bits per heavy atom. The predicted octanol–water partition coefficient (Wildman–Crippen LogP) is 2.24. The Hall–Kier alpha value is -3.96. The lowest BCUT2D eigenvalue weighted by Gasteiger charge is -2.20. The Labute approximate surface area is 192 Å². The molecule has 2 aromatic carbocycles. The number of carbonyl (C=O) groups excluding carboxylic acids is 3. The third-order valence-electron chi connectivity index (χ3n) is 5.19. The monoisotopic (exact) mass is 481 g/mol. The van der Waals surface area contributed by atoms with Gasteiger partial charge in [0.05, 0.1) is 45.2 Å². The quantitative estimate of drug-likeness (QED) is 0.561. The van der Waals surface area contributed by atoms with Crippen LogP contribution in [0.2, 0.25) is 0 Å². The molecule has 1 atom stereocenters. The van der Waals surface area contributed by atoms with Gasteiger partial charge in [0.2, 0.25) is 23.5 Å². The summed E-state index contributed by atoms with van der Waals surface area (Å²) >= 11 is 0. The second-order valence-corrected chi connectivity index (χ2v) is 7.28. The van der Waals surface area contributed by atoms with Gasteiger partial charge >= 0.3 is 0 Å². The van der Waals surface area contributed by atoms with Crippen molar-refractivity contribution in [1.82, 2.24) is 5.32 Å². The van der Waals surface area contributed by atoms with Crippen LogP contribution in [0.1, 0.15) is 6.42 Å². The van der Waals surface area contributed by atoms with Crippen LogP contribution in [-0.2, 0) is 14.4 Å². The Morgan fingerprint density at radius 2 is 1.68 bits per heavy atom. The van der Waals surface area contributed by atoms with E-state index in [2.05, 4.69) is 10.6 Å². The van der Waals surface area contributed by atoms with Crippen LogP contribution in [0.15, 0.2) is 24.3 Å². The van der Waals surface area contributed by atoms with Crippen molar-refractivity contribution in [2.45, 2.75) is 6.42 Å². The summed E-state index contributed by atoms with van der Waals surface area (Å²) in [6.45, 7) is -0.533. The highest BCUT2D eigenvalue weighted by Gasteiger charge is 2.36. The summed E-state index contributed by atoms with van der Waals surface area (Å²) in [5.74, 6) is -6.20. The summed E-state index contributed by atoms with van der Waals surface area (Å²) < 4.78 is 55.8. The molecule has 0 saturated carbocycles. The Kier molecular flexibility index (Phi) is 7.49. The molecule has 182 valence electrons. The molecule has 34 heavy (non-hydrogen) atoms. The van der Waals surface area contributed by atoms with E-state index in [1.165, 1.54) is 26.2 Å². The highest BCUT2D eigenvalue weighted by Crippen LogP contribution is 2.42. The molecular formula is C22H22F3N3O6. The molecule has 1 saturated heterocycles. The van der Waals surface area contributed by atoms with Crippen LogP contribution in [0.5, 0.6) is 17.2 Å². The normalized spacial score (nSPS) is 15.2. The molecule has 9 nitrogen and oxygen atoms in total. The fraction of sp³-hybridized carbons (Fsp3) is 0.318. The van der Waals surface area contributed by atoms with Crippen molar-refractivity contribution in [1.29, 1.82) is 0 Å². The number of carbonyl (C=O) groups is 3. The second-order valence-electron chi connectivity index (χ2n) is 7.28. The van der Waals surface area contributed by atoms with E-state index in [1.807, 2.05) is 0 Å². The molecule has 0 aliphatic carbocycles. The van der Waals surface area contributed by atoms with Crippen LogP contribution in [0.3, 0.4) is 0 Å². The Morgan fingerprint density at radius 3 is 2.26 bits per heavy atom. The smallest absolute Gasteiger partial charge is 0.243 e. The maximum Gasteiger partial charge on any atom is 0.243 e. The number of benzene rings is 2. The molecule has 1 aliphatic rings. The van der Waals surface area contributed by atoms with Gasteiger partial charge in [-0.3, -0.25) is 14.4 Å². The number of hydrogen-bond acceptors (Lipinski definition) is 6. The van der Waals surface area contributed by atoms with E-state index in [9.17, 15) is 27.6 Å². The van der Waals surface area contributed by atoms with E-state index in [-0.39, 0.29) is 18.9 Å². The van der Waals surface area contributed by atoms with E-state index < -0.39 is 47.4 Å². The molecule has 0 spiro atoms. The average molecular weight is 481 g/mol. The first kappa shape index (κ1) is 24.7. The molecule has 1 heterocycles. The van der Waals surface area contributed by atoms with E-state index in [1.54, 1.807) is 12.1 Å². The summed E-state index contributed by atoms with van der Waals surface area (Å²) in [4.78, 5) is 38.5. The minimum Gasteiger partial charge on any atom is -0.493 e. The van der Waals surface area contributed by atoms with E-state index in [0.29, 0.717) is 29.0 Å². The molecule has 0 aromatic heterocycles. The summed E-state index contributed by atoms with van der Waals surface area (Å²) in [6.07, 6.45) is -0.109. The molecule has 12 heteroatoms. The summed E-state index contributed by atoms with van der Waals surface area (Å²) in [6, 6.07) is 4.67. The van der Waals surface area contributed by atoms with Gasteiger partial charge in [-0.2, -0.15) is 0 Å². The molecule has 1 aliphatic heterocycles. The van der Waals surface area contributed by atoms with Crippen LogP contribution in [-0.4, -0.2) is 52.1 Å². The molecule has 2 N–H and O–H groups in total. The number of anilines is 2. The molecule has 0 radical (unpaired) electrons. The first-order valence-electron chi connectivity index (χ1n) is 10.0. The highest BCUT2D eigenvalue weighted by molar-refractivity contribution is 6.01. The van der Waals surface area contributed by atoms with Gasteiger partial charge in [0.1, 0.15) is 0 Å². The van der Waals surface area contributed by atoms with Gasteiger partial charge in [-0.1, -0.05) is 0 Å². The SMILES string of the molecule is COc1cc(N2CC(C(=O)NCC(=O)Nc3ccc(F)c(F)c3F)CC2=O)cc(OC)c1OC. The average Bonchev–Trinajstić information content (AvgIpc) is 3.23. The molecular weight excluding hydrogens is 459 g/mol. The third-order valence-corrected chi connectivity index (χ3v) is 5.19. The van der Waals surface area contributed by atoms with Crippen molar-refractivity contribution in [3.8, 4) is 17.2 Å². The lowest BCUT2D eigenvalue weighted by atomic mass is 10.1. The van der Waals surface area contributed by atoms with Gasteiger partial charge in [-0.05, 0) is 12.1 Å². The van der Waals surface area contributed by atoms with Crippen molar-refractivity contribution in [2.24, 2.45) is 5.92 Å². The predicted molar refractivity (Wildman–Crippen MR) is 115 cm³/mol. The van der Waals surface area contributed by atoms with Crippen molar-refractivity contribution in [3.05, 3.63) is 41.7 Å². The Balaban J connectivity index is 1.63. The third kappa shape index (κ3) is 5.00. The highest BCUT2D eigenvalue weighted by atomic mass is 19.2. The molecule has 2 aromatic rings. The standard InChI is InChI=1S/C22H22F3N3O6/c1-32-15-7-12(8-16(33-2)21(15)34-3)28-10-11(6-18(28)30)22(31)26-9-17(29)27-14-5-4-13(23)19(24)20(14)25/h4-5,7-8,11H,6,9-10H2,1-3H3,(H,26,31)(H,27,29). The summed E-state index contributed by atoms with van der Waals surface area (Å²) in [7, 11) is 4.30. The number of ether oxygens (including phenoxy) is 3. The number of methoxy groups -OCH3 is 3. The number of hydrogen-bond donors (Lipinski definition) is 2. The van der Waals surface area contributed by atoms with Crippen LogP contribution in [0.25, 0.3) is 0 Å². The Bertz CT molecular complexity index is 1100. The van der Waals surface area contributed by atoms with E-state index in [4.69, 9.17) is 14.2 Å². The molecule has 1 unspecified atom stereocenters. The van der Waals surface area contributed by atoms with Crippen molar-refractivity contribution >= 4 is 29.1 Å². The van der Waals surface area contributed by atoms with Crippen LogP contribution in [0, 0.1) is 23.4 Å². The number of halogens is 3. The van der Waals surface area contributed by atoms with Crippen LogP contribution >= 0.6 is 0 Å². The largest absolute Gasteiger partial charge is 0.493 e. The lowest BCUT2D eigenvalue weighted by molar-refractivity contribution is -0.127. The van der Waals surface area contributed by atoms with Gasteiger partial charge in [-0.15, -0.1) is 0 Å². The lowest BCUT2D eigenvalue weighted by Crippen LogP contribution is -2.38. The van der Waals surface area contributed by atoms with Gasteiger partial charge in [-0.25, -0.2) is 13.2 Å². The number of nitrogens with one attached hydrogen (secondary N) is 2. The van der Waals surface area contributed by atoms with Crippen molar-refractivity contribution in [2.75, 3.05) is 44.6 Å². The molecule has 0 bridgehead atoms. The minimum atomic E-state index is -1.72. The minimum absolute atomic E-state index is 0.0305. The van der Waals surface area contributed by atoms with Gasteiger partial charge in [0, 0.05) is 25.1 Å².